The van der Waals surface area contributed by atoms with Gasteiger partial charge in [-0.15, -0.1) is 0 Å². The molecule has 1 fully saturated rings. The molecular formula is C15H21NO3. The quantitative estimate of drug-likeness (QED) is 0.841. The van der Waals surface area contributed by atoms with Crippen LogP contribution in [0.2, 0.25) is 0 Å². The molecule has 1 aliphatic rings. The highest BCUT2D eigenvalue weighted by Crippen LogP contribution is 2.20. The fourth-order valence-corrected chi connectivity index (χ4v) is 2.45. The molecule has 1 amide bonds. The minimum absolute atomic E-state index is 0.231. The number of hydrogen-bond donors (Lipinski definition) is 0. The Morgan fingerprint density at radius 1 is 1.37 bits per heavy atom. The third-order valence-corrected chi connectivity index (χ3v) is 3.59. The van der Waals surface area contributed by atoms with Crippen LogP contribution in [-0.4, -0.2) is 37.3 Å². The van der Waals surface area contributed by atoms with Gasteiger partial charge in [-0.05, 0) is 12.0 Å². The Kier molecular flexibility index (Phi) is 4.80. The first-order chi connectivity index (χ1) is 9.20. The molecule has 0 bridgehead atoms. The lowest BCUT2D eigenvalue weighted by Crippen LogP contribution is -2.45. The van der Waals surface area contributed by atoms with E-state index in [1.165, 1.54) is 0 Å². The van der Waals surface area contributed by atoms with Crippen molar-refractivity contribution >= 4 is 6.09 Å². The van der Waals surface area contributed by atoms with Gasteiger partial charge >= 0.3 is 6.09 Å². The summed E-state index contributed by atoms with van der Waals surface area (Å²) in [7, 11) is 1.73. The minimum atomic E-state index is -0.231. The topological polar surface area (TPSA) is 38.8 Å². The average Bonchev–Trinajstić information content (AvgIpc) is 2.45. The van der Waals surface area contributed by atoms with Gasteiger partial charge in [0.15, 0.2) is 0 Å². The van der Waals surface area contributed by atoms with Gasteiger partial charge in [-0.25, -0.2) is 4.79 Å². The molecule has 4 heteroatoms. The van der Waals surface area contributed by atoms with Gasteiger partial charge in [0, 0.05) is 26.1 Å². The SMILES string of the molecule is CO[C@H]1CCN(C(=O)OCc2ccccc2)CC1C. The molecule has 1 unspecified atom stereocenters. The maximum Gasteiger partial charge on any atom is 0.410 e. The first-order valence-electron chi connectivity index (χ1n) is 6.69. The molecular weight excluding hydrogens is 242 g/mol. The third-order valence-electron chi connectivity index (χ3n) is 3.59. The van der Waals surface area contributed by atoms with Gasteiger partial charge in [-0.2, -0.15) is 0 Å². The second kappa shape index (κ2) is 6.57. The van der Waals surface area contributed by atoms with Crippen molar-refractivity contribution in [2.45, 2.75) is 26.1 Å². The van der Waals surface area contributed by atoms with Crippen molar-refractivity contribution in [3.8, 4) is 0 Å². The molecule has 0 saturated carbocycles. The summed E-state index contributed by atoms with van der Waals surface area (Å²) < 4.78 is 10.7. The van der Waals surface area contributed by atoms with Gasteiger partial charge in [0.25, 0.3) is 0 Å². The fraction of sp³-hybridized carbons (Fsp3) is 0.533. The lowest BCUT2D eigenvalue weighted by molar-refractivity contribution is -0.00212. The molecule has 1 aliphatic heterocycles. The zero-order valence-electron chi connectivity index (χ0n) is 11.5. The molecule has 4 nitrogen and oxygen atoms in total. The summed E-state index contributed by atoms with van der Waals surface area (Å²) in [6.45, 7) is 3.84. The van der Waals surface area contributed by atoms with E-state index >= 15 is 0 Å². The first-order valence-corrected chi connectivity index (χ1v) is 6.69. The van der Waals surface area contributed by atoms with E-state index in [9.17, 15) is 4.79 Å². The average molecular weight is 263 g/mol. The van der Waals surface area contributed by atoms with E-state index in [-0.39, 0.29) is 12.2 Å². The second-order valence-electron chi connectivity index (χ2n) is 5.03. The van der Waals surface area contributed by atoms with E-state index in [2.05, 4.69) is 6.92 Å². The zero-order valence-corrected chi connectivity index (χ0v) is 11.5. The number of carbonyl (C=O) groups is 1. The maximum absolute atomic E-state index is 12.0. The molecule has 0 radical (unpaired) electrons. The smallest absolute Gasteiger partial charge is 0.410 e. The predicted molar refractivity (Wildman–Crippen MR) is 72.8 cm³/mol. The second-order valence-corrected chi connectivity index (χ2v) is 5.03. The summed E-state index contributed by atoms with van der Waals surface area (Å²) >= 11 is 0. The molecule has 1 aromatic rings. The third kappa shape index (κ3) is 3.70. The van der Waals surface area contributed by atoms with Crippen LogP contribution in [0.3, 0.4) is 0 Å². The van der Waals surface area contributed by atoms with Crippen molar-refractivity contribution in [3.05, 3.63) is 35.9 Å². The van der Waals surface area contributed by atoms with Crippen LogP contribution in [0.5, 0.6) is 0 Å². The van der Waals surface area contributed by atoms with Gasteiger partial charge < -0.3 is 14.4 Å². The summed E-state index contributed by atoms with van der Waals surface area (Å²) in [5.74, 6) is 0.350. The van der Waals surface area contributed by atoms with Gasteiger partial charge in [0.1, 0.15) is 6.61 Å². The van der Waals surface area contributed by atoms with Gasteiger partial charge in [0.05, 0.1) is 6.10 Å². The number of hydrogen-bond acceptors (Lipinski definition) is 3. The first kappa shape index (κ1) is 13.9. The van der Waals surface area contributed by atoms with Crippen LogP contribution >= 0.6 is 0 Å². The molecule has 0 spiro atoms. The molecule has 19 heavy (non-hydrogen) atoms. The largest absolute Gasteiger partial charge is 0.445 e. The number of rotatable bonds is 3. The van der Waals surface area contributed by atoms with Crippen molar-refractivity contribution in [1.29, 1.82) is 0 Å². The highest BCUT2D eigenvalue weighted by atomic mass is 16.6. The van der Waals surface area contributed by atoms with E-state index in [1.54, 1.807) is 12.0 Å². The summed E-state index contributed by atoms with van der Waals surface area (Å²) in [4.78, 5) is 13.7. The van der Waals surface area contributed by atoms with Crippen molar-refractivity contribution in [3.63, 3.8) is 0 Å². The lowest BCUT2D eigenvalue weighted by atomic mass is 9.97. The molecule has 0 aliphatic carbocycles. The molecule has 0 aromatic heterocycles. The van der Waals surface area contributed by atoms with Crippen LogP contribution in [0.4, 0.5) is 4.79 Å². The van der Waals surface area contributed by atoms with Crippen molar-refractivity contribution in [2.75, 3.05) is 20.2 Å². The van der Waals surface area contributed by atoms with Crippen LogP contribution in [0, 0.1) is 5.92 Å². The predicted octanol–water partition coefficient (Wildman–Crippen LogP) is 2.68. The number of ether oxygens (including phenoxy) is 2. The summed E-state index contributed by atoms with van der Waals surface area (Å²) in [6.07, 6.45) is 0.890. The monoisotopic (exact) mass is 263 g/mol. The normalized spacial score (nSPS) is 23.2. The van der Waals surface area contributed by atoms with Crippen molar-refractivity contribution in [1.82, 2.24) is 4.90 Å². The van der Waals surface area contributed by atoms with E-state index in [4.69, 9.17) is 9.47 Å². The number of likely N-dealkylation sites (tertiary alicyclic amines) is 1. The lowest BCUT2D eigenvalue weighted by Gasteiger charge is -2.35. The summed E-state index contributed by atoms with van der Waals surface area (Å²) in [6, 6.07) is 9.73. The molecule has 0 N–H and O–H groups in total. The molecule has 1 saturated heterocycles. The van der Waals surface area contributed by atoms with Crippen LogP contribution < -0.4 is 0 Å². The van der Waals surface area contributed by atoms with Crippen LogP contribution in [0.15, 0.2) is 30.3 Å². The van der Waals surface area contributed by atoms with E-state index in [0.29, 0.717) is 25.6 Å². The summed E-state index contributed by atoms with van der Waals surface area (Å²) in [5, 5.41) is 0. The number of benzene rings is 1. The van der Waals surface area contributed by atoms with Crippen molar-refractivity contribution in [2.24, 2.45) is 5.92 Å². The maximum atomic E-state index is 12.0. The molecule has 104 valence electrons. The molecule has 2 rings (SSSR count). The van der Waals surface area contributed by atoms with Crippen LogP contribution in [0.25, 0.3) is 0 Å². The number of piperidine rings is 1. The standard InChI is InChI=1S/C15H21NO3/c1-12-10-16(9-8-14(12)18-2)15(17)19-11-13-6-4-3-5-7-13/h3-7,12,14H,8-11H2,1-2H3/t12?,14-/m0/s1. The molecule has 2 atom stereocenters. The van der Waals surface area contributed by atoms with Crippen LogP contribution in [0.1, 0.15) is 18.9 Å². The Bertz CT molecular complexity index is 407. The van der Waals surface area contributed by atoms with E-state index in [1.807, 2.05) is 30.3 Å². The number of carbonyl (C=O) groups excluding carboxylic acids is 1. The highest BCUT2D eigenvalue weighted by Gasteiger charge is 2.29. The van der Waals surface area contributed by atoms with E-state index < -0.39 is 0 Å². The Morgan fingerprint density at radius 2 is 2.11 bits per heavy atom. The highest BCUT2D eigenvalue weighted by molar-refractivity contribution is 5.67. The van der Waals surface area contributed by atoms with Gasteiger partial charge in [-0.3, -0.25) is 0 Å². The zero-order chi connectivity index (χ0) is 13.7. The Morgan fingerprint density at radius 3 is 2.74 bits per heavy atom. The number of methoxy groups -OCH3 is 1. The van der Waals surface area contributed by atoms with Gasteiger partial charge in [0.2, 0.25) is 0 Å². The molecule has 1 aromatic carbocycles. The Hall–Kier alpha value is -1.55. The minimum Gasteiger partial charge on any atom is -0.445 e. The van der Waals surface area contributed by atoms with E-state index in [0.717, 1.165) is 12.0 Å². The van der Waals surface area contributed by atoms with Gasteiger partial charge in [-0.1, -0.05) is 37.3 Å². The number of amides is 1. The number of nitrogens with zero attached hydrogens (tertiary/aromatic N) is 1. The van der Waals surface area contributed by atoms with Crippen molar-refractivity contribution < 1.29 is 14.3 Å². The Balaban J connectivity index is 1.81. The fourth-order valence-electron chi connectivity index (χ4n) is 2.45. The Labute approximate surface area is 114 Å². The van der Waals surface area contributed by atoms with Crippen LogP contribution in [-0.2, 0) is 16.1 Å². The molecule has 1 heterocycles. The summed E-state index contributed by atoms with van der Waals surface area (Å²) in [5.41, 5.74) is 1.01.